The Labute approximate surface area is 169 Å². The minimum atomic E-state index is -3.70. The zero-order valence-electron chi connectivity index (χ0n) is 16.0. The molecule has 150 valence electrons. The Hall–Kier alpha value is -3.32. The maximum Gasteiger partial charge on any atom is 0.339 e. The second-order valence-corrected chi connectivity index (χ2v) is 8.47. The zero-order valence-corrected chi connectivity index (χ0v) is 16.8. The van der Waals surface area contributed by atoms with Crippen LogP contribution in [-0.4, -0.2) is 25.7 Å². The molecule has 0 spiro atoms. The Kier molecular flexibility index (Phi) is 5.89. The Morgan fingerprint density at radius 2 is 1.55 bits per heavy atom. The van der Waals surface area contributed by atoms with E-state index in [1.807, 2.05) is 30.3 Å². The number of hydrogen-bond acceptors (Lipinski definition) is 5. The van der Waals surface area contributed by atoms with Gasteiger partial charge in [-0.1, -0.05) is 36.4 Å². The second kappa shape index (κ2) is 8.36. The fraction of sp³-hybridized carbons (Fsp3) is 0.136. The van der Waals surface area contributed by atoms with E-state index in [-0.39, 0.29) is 16.2 Å². The molecule has 0 aliphatic heterocycles. The van der Waals surface area contributed by atoms with E-state index in [9.17, 15) is 18.3 Å². The van der Waals surface area contributed by atoms with Gasteiger partial charge in [0.2, 0.25) is 0 Å². The van der Waals surface area contributed by atoms with Gasteiger partial charge in [-0.15, -0.1) is 0 Å². The van der Waals surface area contributed by atoms with Crippen LogP contribution in [0.1, 0.15) is 21.5 Å². The molecule has 0 radical (unpaired) electrons. The molecule has 0 amide bonds. The lowest BCUT2D eigenvalue weighted by Gasteiger charge is -2.15. The Morgan fingerprint density at radius 3 is 2.14 bits per heavy atom. The van der Waals surface area contributed by atoms with Crippen LogP contribution in [0.25, 0.3) is 0 Å². The number of aromatic carboxylic acids is 1. The molecular weight excluding hydrogens is 392 g/mol. The van der Waals surface area contributed by atoms with E-state index < -0.39 is 15.8 Å². The Morgan fingerprint density at radius 1 is 0.931 bits per heavy atom. The molecule has 0 bridgehead atoms. The molecule has 3 aromatic rings. The fourth-order valence-corrected chi connectivity index (χ4v) is 4.00. The first-order valence-corrected chi connectivity index (χ1v) is 10.7. The largest absolute Gasteiger partial charge is 0.489 e. The first kappa shape index (κ1) is 20.4. The summed E-state index contributed by atoms with van der Waals surface area (Å²) in [6.07, 6.45) is 1.02. The summed E-state index contributed by atoms with van der Waals surface area (Å²) in [6.45, 7) is 2.00. The molecule has 3 aromatic carbocycles. The number of hydrogen-bond donors (Lipinski definition) is 1. The monoisotopic (exact) mass is 412 g/mol. The van der Waals surface area contributed by atoms with Gasteiger partial charge in [-0.05, 0) is 48.4 Å². The smallest absolute Gasteiger partial charge is 0.339 e. The predicted octanol–water partition coefficient (Wildman–Crippen LogP) is 4.47. The fourth-order valence-electron chi connectivity index (χ4n) is 2.85. The topological polar surface area (TPSA) is 89.9 Å². The molecule has 6 nitrogen and oxygen atoms in total. The third-order valence-electron chi connectivity index (χ3n) is 4.20. The van der Waals surface area contributed by atoms with Gasteiger partial charge < -0.3 is 14.6 Å². The Bertz CT molecular complexity index is 1120. The molecule has 0 aliphatic rings. The van der Waals surface area contributed by atoms with Gasteiger partial charge in [0.1, 0.15) is 28.6 Å². The van der Waals surface area contributed by atoms with Crippen molar-refractivity contribution in [2.24, 2.45) is 0 Å². The van der Waals surface area contributed by atoms with Crippen LogP contribution in [0.3, 0.4) is 0 Å². The minimum Gasteiger partial charge on any atom is -0.489 e. The van der Waals surface area contributed by atoms with Crippen molar-refractivity contribution < 1.29 is 27.8 Å². The SMILES string of the molecule is Cc1ccc(C(=O)O)c(Oc2ccc(OCc3ccccc3)cc2)c1S(C)(=O)=O. The number of carboxylic acids is 1. The lowest BCUT2D eigenvalue weighted by molar-refractivity contribution is 0.0693. The van der Waals surface area contributed by atoms with Gasteiger partial charge in [0, 0.05) is 6.26 Å². The van der Waals surface area contributed by atoms with E-state index >= 15 is 0 Å². The molecule has 0 aliphatic carbocycles. The van der Waals surface area contributed by atoms with E-state index in [1.54, 1.807) is 31.2 Å². The summed E-state index contributed by atoms with van der Waals surface area (Å²) < 4.78 is 35.9. The number of sulfone groups is 1. The molecule has 3 rings (SSSR count). The molecule has 0 unspecified atom stereocenters. The van der Waals surface area contributed by atoms with Crippen LogP contribution in [-0.2, 0) is 16.4 Å². The van der Waals surface area contributed by atoms with E-state index in [1.165, 1.54) is 12.1 Å². The van der Waals surface area contributed by atoms with Crippen molar-refractivity contribution in [3.05, 3.63) is 83.4 Å². The van der Waals surface area contributed by atoms with Crippen LogP contribution in [0.5, 0.6) is 17.2 Å². The zero-order chi connectivity index (χ0) is 21.0. The maximum atomic E-state index is 12.2. The summed E-state index contributed by atoms with van der Waals surface area (Å²) in [7, 11) is -3.70. The van der Waals surface area contributed by atoms with Crippen molar-refractivity contribution in [3.63, 3.8) is 0 Å². The third-order valence-corrected chi connectivity index (χ3v) is 5.45. The number of rotatable bonds is 7. The summed E-state index contributed by atoms with van der Waals surface area (Å²) in [6, 6.07) is 19.0. The molecule has 0 fully saturated rings. The van der Waals surface area contributed by atoms with E-state index in [4.69, 9.17) is 9.47 Å². The summed E-state index contributed by atoms with van der Waals surface area (Å²) in [4.78, 5) is 11.4. The van der Waals surface area contributed by atoms with Crippen molar-refractivity contribution >= 4 is 15.8 Å². The highest BCUT2D eigenvalue weighted by molar-refractivity contribution is 7.90. The highest BCUT2D eigenvalue weighted by atomic mass is 32.2. The van der Waals surface area contributed by atoms with Gasteiger partial charge in [0.15, 0.2) is 15.6 Å². The predicted molar refractivity (Wildman–Crippen MR) is 109 cm³/mol. The summed E-state index contributed by atoms with van der Waals surface area (Å²) in [5, 5.41) is 9.45. The van der Waals surface area contributed by atoms with Crippen LogP contribution in [0.15, 0.2) is 71.6 Å². The molecular formula is C22H20O6S. The molecule has 0 heterocycles. The van der Waals surface area contributed by atoms with E-state index in [0.29, 0.717) is 23.7 Å². The summed E-state index contributed by atoms with van der Waals surface area (Å²) in [5.74, 6) is -0.562. The molecule has 1 N–H and O–H groups in total. The standard InChI is InChI=1S/C22H20O6S/c1-15-8-13-19(22(23)24)20(21(15)29(2,25)26)28-18-11-9-17(10-12-18)27-14-16-6-4-3-5-7-16/h3-13H,14H2,1-2H3,(H,23,24). The second-order valence-electron chi connectivity index (χ2n) is 6.51. The Balaban J connectivity index is 1.86. The van der Waals surface area contributed by atoms with E-state index in [0.717, 1.165) is 11.8 Å². The van der Waals surface area contributed by atoms with Crippen molar-refractivity contribution in [1.29, 1.82) is 0 Å². The molecule has 0 aromatic heterocycles. The molecule has 0 atom stereocenters. The van der Waals surface area contributed by atoms with Crippen LogP contribution in [0.2, 0.25) is 0 Å². The highest BCUT2D eigenvalue weighted by Gasteiger charge is 2.24. The third kappa shape index (κ3) is 4.94. The van der Waals surface area contributed by atoms with Gasteiger partial charge in [-0.25, -0.2) is 13.2 Å². The molecule has 7 heteroatoms. The first-order valence-electron chi connectivity index (χ1n) is 8.77. The van der Waals surface area contributed by atoms with Crippen LogP contribution in [0, 0.1) is 6.92 Å². The van der Waals surface area contributed by atoms with Crippen LogP contribution in [0.4, 0.5) is 0 Å². The maximum absolute atomic E-state index is 12.2. The lowest BCUT2D eigenvalue weighted by atomic mass is 10.1. The highest BCUT2D eigenvalue weighted by Crippen LogP contribution is 2.35. The van der Waals surface area contributed by atoms with E-state index in [2.05, 4.69) is 0 Å². The average molecular weight is 412 g/mol. The number of aryl methyl sites for hydroxylation is 1. The summed E-state index contributed by atoms with van der Waals surface area (Å²) >= 11 is 0. The molecule has 0 saturated heterocycles. The first-order chi connectivity index (χ1) is 13.8. The van der Waals surface area contributed by atoms with Gasteiger partial charge in [-0.2, -0.15) is 0 Å². The van der Waals surface area contributed by atoms with Crippen molar-refractivity contribution in [2.75, 3.05) is 6.26 Å². The van der Waals surface area contributed by atoms with Gasteiger partial charge in [-0.3, -0.25) is 0 Å². The lowest BCUT2D eigenvalue weighted by Crippen LogP contribution is -2.08. The number of benzene rings is 3. The molecule has 29 heavy (non-hydrogen) atoms. The van der Waals surface area contributed by atoms with Crippen molar-refractivity contribution in [3.8, 4) is 17.2 Å². The van der Waals surface area contributed by atoms with Crippen molar-refractivity contribution in [1.82, 2.24) is 0 Å². The normalized spacial score (nSPS) is 11.1. The van der Waals surface area contributed by atoms with Gasteiger partial charge in [0.05, 0.1) is 0 Å². The number of carboxylic acid groups (broad SMARTS) is 1. The van der Waals surface area contributed by atoms with Crippen molar-refractivity contribution in [2.45, 2.75) is 18.4 Å². The van der Waals surface area contributed by atoms with Crippen LogP contribution < -0.4 is 9.47 Å². The quantitative estimate of drug-likeness (QED) is 0.616. The van der Waals surface area contributed by atoms with Gasteiger partial charge in [0.25, 0.3) is 0 Å². The number of carbonyl (C=O) groups is 1. The number of ether oxygens (including phenoxy) is 2. The summed E-state index contributed by atoms with van der Waals surface area (Å²) in [5.41, 5.74) is 1.22. The van der Waals surface area contributed by atoms with Gasteiger partial charge >= 0.3 is 5.97 Å². The average Bonchev–Trinajstić information content (AvgIpc) is 2.67. The molecule has 0 saturated carbocycles. The minimum absolute atomic E-state index is 0.137. The van der Waals surface area contributed by atoms with Crippen LogP contribution >= 0.6 is 0 Å².